The average Bonchev–Trinajstić information content (AvgIpc) is 3.22. The highest BCUT2D eigenvalue weighted by Gasteiger charge is 2.23. The third-order valence-corrected chi connectivity index (χ3v) is 9.85. The third kappa shape index (κ3) is 5.75. The Hall–Kier alpha value is -6.70. The first kappa shape index (κ1) is 30.4. The van der Waals surface area contributed by atoms with E-state index in [4.69, 9.17) is 0 Å². The second-order valence-corrected chi connectivity index (χ2v) is 12.9. The number of nitrogens with zero attached hydrogens (tertiary/aromatic N) is 1. The molecule has 0 fully saturated rings. The van der Waals surface area contributed by atoms with Crippen LogP contribution in [0.2, 0.25) is 0 Å². The number of hydrogen-bond acceptors (Lipinski definition) is 1. The van der Waals surface area contributed by atoms with Crippen LogP contribution < -0.4 is 4.90 Å². The molecule has 1 heteroatoms. The second-order valence-electron chi connectivity index (χ2n) is 12.9. The normalized spacial score (nSPS) is 11.1. The van der Waals surface area contributed by atoms with E-state index in [1.54, 1.807) is 0 Å². The Labute approximate surface area is 299 Å². The molecule has 0 aromatic heterocycles. The summed E-state index contributed by atoms with van der Waals surface area (Å²) in [4.78, 5) is 2.46. The zero-order chi connectivity index (χ0) is 34.0. The van der Waals surface area contributed by atoms with Gasteiger partial charge in [-0.15, -0.1) is 0 Å². The van der Waals surface area contributed by atoms with Crippen molar-refractivity contribution in [2.75, 3.05) is 4.90 Å². The monoisotopic (exact) mass is 649 g/mol. The van der Waals surface area contributed by atoms with Crippen LogP contribution in [0, 0.1) is 0 Å². The Morgan fingerprint density at radius 2 is 0.784 bits per heavy atom. The minimum absolute atomic E-state index is 1.11. The van der Waals surface area contributed by atoms with Crippen molar-refractivity contribution in [3.05, 3.63) is 212 Å². The van der Waals surface area contributed by atoms with E-state index in [9.17, 15) is 0 Å². The van der Waals surface area contributed by atoms with Gasteiger partial charge in [-0.05, 0) is 85.3 Å². The summed E-state index contributed by atoms with van der Waals surface area (Å²) in [5.74, 6) is 0. The molecule has 0 saturated carbocycles. The zero-order valence-electron chi connectivity index (χ0n) is 28.2. The molecular weight excluding hydrogens is 615 g/mol. The topological polar surface area (TPSA) is 3.24 Å². The molecule has 0 saturated heterocycles. The van der Waals surface area contributed by atoms with E-state index in [1.807, 2.05) is 0 Å². The Morgan fingerprint density at radius 1 is 0.255 bits per heavy atom. The number of hydrogen-bond donors (Lipinski definition) is 0. The molecule has 0 aliphatic heterocycles. The smallest absolute Gasteiger partial charge is 0.0540 e. The van der Waals surface area contributed by atoms with Crippen molar-refractivity contribution < 1.29 is 0 Å². The maximum absolute atomic E-state index is 2.46. The van der Waals surface area contributed by atoms with Crippen LogP contribution in [0.25, 0.3) is 66.1 Å². The summed E-state index contributed by atoms with van der Waals surface area (Å²) in [5, 5.41) is 4.90. The lowest BCUT2D eigenvalue weighted by Crippen LogP contribution is -2.12. The highest BCUT2D eigenvalue weighted by Crippen LogP contribution is 2.48. The maximum Gasteiger partial charge on any atom is 0.0540 e. The summed E-state index contributed by atoms with van der Waals surface area (Å²) in [6, 6.07) is 76.8. The number of fused-ring (bicyclic) bond motifs is 2. The van der Waals surface area contributed by atoms with Gasteiger partial charge >= 0.3 is 0 Å². The molecule has 51 heavy (non-hydrogen) atoms. The summed E-state index contributed by atoms with van der Waals surface area (Å²) in [5.41, 5.74) is 12.9. The molecule has 0 heterocycles. The Bertz CT molecular complexity index is 2620. The minimum atomic E-state index is 1.11. The van der Waals surface area contributed by atoms with Crippen molar-refractivity contribution >= 4 is 38.6 Å². The van der Waals surface area contributed by atoms with Crippen molar-refractivity contribution in [3.8, 4) is 44.5 Å². The third-order valence-electron chi connectivity index (χ3n) is 9.85. The molecule has 240 valence electrons. The Kier molecular flexibility index (Phi) is 7.92. The minimum Gasteiger partial charge on any atom is -0.309 e. The summed E-state index contributed by atoms with van der Waals surface area (Å²) in [6.07, 6.45) is 0. The fraction of sp³-hybridized carbons (Fsp3) is 0. The van der Waals surface area contributed by atoms with Crippen LogP contribution in [-0.2, 0) is 0 Å². The predicted molar refractivity (Wildman–Crippen MR) is 218 cm³/mol. The largest absolute Gasteiger partial charge is 0.309 e. The van der Waals surface area contributed by atoms with Crippen LogP contribution >= 0.6 is 0 Å². The second kappa shape index (κ2) is 13.3. The summed E-state index contributed by atoms with van der Waals surface area (Å²) < 4.78 is 0. The van der Waals surface area contributed by atoms with Gasteiger partial charge in [0.05, 0.1) is 11.4 Å². The molecule has 9 aromatic carbocycles. The van der Waals surface area contributed by atoms with Crippen LogP contribution in [0.15, 0.2) is 212 Å². The molecule has 0 aliphatic rings. The number of benzene rings is 9. The highest BCUT2D eigenvalue weighted by molar-refractivity contribution is 6.09. The molecule has 0 spiro atoms. The van der Waals surface area contributed by atoms with Gasteiger partial charge < -0.3 is 4.90 Å². The van der Waals surface area contributed by atoms with Crippen molar-refractivity contribution in [1.29, 1.82) is 0 Å². The molecule has 9 aromatic rings. The lowest BCUT2D eigenvalue weighted by molar-refractivity contribution is 1.29. The van der Waals surface area contributed by atoms with Crippen LogP contribution in [0.5, 0.6) is 0 Å². The van der Waals surface area contributed by atoms with E-state index in [0.717, 1.165) is 17.1 Å². The van der Waals surface area contributed by atoms with Crippen LogP contribution in [-0.4, -0.2) is 0 Å². The number of anilines is 3. The van der Waals surface area contributed by atoms with Crippen LogP contribution in [0.4, 0.5) is 17.1 Å². The SMILES string of the molecule is c1ccc(-c2ccc(N(c3ccc4ccccc4c3)c3ccccc3-c3cccc4cccc(-c5ccccc5)c34)c(-c3ccccc3)c2)cc1. The molecule has 0 N–H and O–H groups in total. The van der Waals surface area contributed by atoms with Crippen molar-refractivity contribution in [3.63, 3.8) is 0 Å². The summed E-state index contributed by atoms with van der Waals surface area (Å²) in [7, 11) is 0. The molecule has 0 radical (unpaired) electrons. The van der Waals surface area contributed by atoms with Crippen molar-refractivity contribution in [2.24, 2.45) is 0 Å². The molecular formula is C50H35N. The predicted octanol–water partition coefficient (Wildman–Crippen LogP) is 14.1. The fourth-order valence-corrected chi connectivity index (χ4v) is 7.43. The van der Waals surface area contributed by atoms with Gasteiger partial charge in [-0.1, -0.05) is 182 Å². The molecule has 1 nitrogen and oxygen atoms in total. The molecule has 0 unspecified atom stereocenters. The van der Waals surface area contributed by atoms with Crippen LogP contribution in [0.3, 0.4) is 0 Å². The van der Waals surface area contributed by atoms with E-state index < -0.39 is 0 Å². The summed E-state index contributed by atoms with van der Waals surface area (Å²) >= 11 is 0. The van der Waals surface area contributed by atoms with E-state index in [1.165, 1.54) is 66.1 Å². The van der Waals surface area contributed by atoms with Gasteiger partial charge in [0, 0.05) is 16.8 Å². The van der Waals surface area contributed by atoms with Crippen LogP contribution in [0.1, 0.15) is 0 Å². The Morgan fingerprint density at radius 3 is 1.51 bits per heavy atom. The van der Waals surface area contributed by atoms with Gasteiger partial charge in [0.2, 0.25) is 0 Å². The van der Waals surface area contributed by atoms with E-state index in [-0.39, 0.29) is 0 Å². The van der Waals surface area contributed by atoms with E-state index in [0.29, 0.717) is 0 Å². The van der Waals surface area contributed by atoms with Crippen molar-refractivity contribution in [2.45, 2.75) is 0 Å². The Balaban J connectivity index is 1.34. The fourth-order valence-electron chi connectivity index (χ4n) is 7.43. The highest BCUT2D eigenvalue weighted by atomic mass is 15.1. The number of para-hydroxylation sites is 1. The van der Waals surface area contributed by atoms with Gasteiger partial charge in [0.15, 0.2) is 0 Å². The lowest BCUT2D eigenvalue weighted by atomic mass is 9.90. The van der Waals surface area contributed by atoms with Crippen molar-refractivity contribution in [1.82, 2.24) is 0 Å². The molecule has 9 rings (SSSR count). The first-order valence-electron chi connectivity index (χ1n) is 17.5. The average molecular weight is 650 g/mol. The van der Waals surface area contributed by atoms with Gasteiger partial charge in [-0.25, -0.2) is 0 Å². The quantitative estimate of drug-likeness (QED) is 0.166. The van der Waals surface area contributed by atoms with E-state index >= 15 is 0 Å². The first-order chi connectivity index (χ1) is 25.3. The van der Waals surface area contributed by atoms with Gasteiger partial charge in [-0.2, -0.15) is 0 Å². The molecule has 0 atom stereocenters. The molecule has 0 amide bonds. The first-order valence-corrected chi connectivity index (χ1v) is 17.5. The summed E-state index contributed by atoms with van der Waals surface area (Å²) in [6.45, 7) is 0. The lowest BCUT2D eigenvalue weighted by Gasteiger charge is -2.31. The number of rotatable bonds is 7. The molecule has 0 bridgehead atoms. The van der Waals surface area contributed by atoms with Gasteiger partial charge in [0.1, 0.15) is 0 Å². The van der Waals surface area contributed by atoms with E-state index in [2.05, 4.69) is 217 Å². The zero-order valence-corrected chi connectivity index (χ0v) is 28.2. The maximum atomic E-state index is 2.46. The standard InChI is InChI=1S/C50H35N/c1-4-16-36(17-5-1)42-31-33-49(47(35-42)39-21-8-3-9-22-39)51(43-32-30-37-18-10-11-23-41(37)34-43)48-29-13-12-26-45(48)46-28-15-25-40-24-14-27-44(50(40)46)38-19-6-2-7-20-38/h1-35H. The van der Waals surface area contributed by atoms with Gasteiger partial charge in [-0.3, -0.25) is 0 Å². The van der Waals surface area contributed by atoms with Gasteiger partial charge in [0.25, 0.3) is 0 Å². The molecule has 0 aliphatic carbocycles.